The van der Waals surface area contributed by atoms with Crippen LogP contribution in [0.1, 0.15) is 42.3 Å². The second-order valence-corrected chi connectivity index (χ2v) is 7.87. The molecule has 1 saturated heterocycles. The molecule has 0 radical (unpaired) electrons. The van der Waals surface area contributed by atoms with E-state index >= 15 is 0 Å². The van der Waals surface area contributed by atoms with E-state index in [1.807, 2.05) is 28.9 Å². The molecule has 4 rings (SSSR count). The van der Waals surface area contributed by atoms with E-state index in [0.717, 1.165) is 24.8 Å². The van der Waals surface area contributed by atoms with Crippen LogP contribution in [0.2, 0.25) is 0 Å². The van der Waals surface area contributed by atoms with Gasteiger partial charge in [-0.3, -0.25) is 4.79 Å². The molecule has 148 valence electrons. The number of aliphatic hydroxyl groups excluding tert-OH is 1. The van der Waals surface area contributed by atoms with Crippen molar-refractivity contribution in [3.63, 3.8) is 0 Å². The SMILES string of the molecule is Cc1cccc2c(CCC(=O)N3CCC(C(O)c4nccn4C)CC3)c[nH]c12. The minimum atomic E-state index is -0.563. The fourth-order valence-corrected chi connectivity index (χ4v) is 4.31. The molecule has 0 saturated carbocycles. The summed E-state index contributed by atoms with van der Waals surface area (Å²) in [6.45, 7) is 3.51. The van der Waals surface area contributed by atoms with Gasteiger partial charge in [-0.05, 0) is 43.2 Å². The number of piperidine rings is 1. The van der Waals surface area contributed by atoms with Gasteiger partial charge in [0.15, 0.2) is 0 Å². The van der Waals surface area contributed by atoms with Crippen LogP contribution in [-0.4, -0.2) is 43.5 Å². The summed E-state index contributed by atoms with van der Waals surface area (Å²) in [5.74, 6) is 1.06. The number of amides is 1. The molecule has 6 nitrogen and oxygen atoms in total. The number of carbonyl (C=O) groups is 1. The monoisotopic (exact) mass is 380 g/mol. The molecule has 1 amide bonds. The van der Waals surface area contributed by atoms with Gasteiger partial charge < -0.3 is 19.6 Å². The zero-order chi connectivity index (χ0) is 19.7. The number of para-hydroxylation sites is 1. The fourth-order valence-electron chi connectivity index (χ4n) is 4.31. The van der Waals surface area contributed by atoms with Crippen LogP contribution in [0.3, 0.4) is 0 Å². The van der Waals surface area contributed by atoms with Gasteiger partial charge >= 0.3 is 0 Å². The molecule has 1 aromatic carbocycles. The molecular weight excluding hydrogens is 352 g/mol. The quantitative estimate of drug-likeness (QED) is 0.714. The van der Waals surface area contributed by atoms with E-state index < -0.39 is 6.10 Å². The van der Waals surface area contributed by atoms with Gasteiger partial charge in [-0.25, -0.2) is 4.98 Å². The van der Waals surface area contributed by atoms with E-state index in [2.05, 4.69) is 35.1 Å². The van der Waals surface area contributed by atoms with Crippen LogP contribution in [0.15, 0.2) is 36.8 Å². The first-order valence-corrected chi connectivity index (χ1v) is 10.0. The topological polar surface area (TPSA) is 74.2 Å². The Morgan fingerprint density at radius 2 is 2.14 bits per heavy atom. The first kappa shape index (κ1) is 18.7. The second-order valence-electron chi connectivity index (χ2n) is 7.87. The summed E-state index contributed by atoms with van der Waals surface area (Å²) < 4.78 is 1.87. The van der Waals surface area contributed by atoms with Gasteiger partial charge in [0.1, 0.15) is 11.9 Å². The molecule has 1 atom stereocenters. The summed E-state index contributed by atoms with van der Waals surface area (Å²) in [5, 5.41) is 11.8. The number of hydrogen-bond donors (Lipinski definition) is 2. The molecule has 1 aliphatic rings. The molecule has 3 heterocycles. The third kappa shape index (κ3) is 3.56. The van der Waals surface area contributed by atoms with Gasteiger partial charge in [-0.15, -0.1) is 0 Å². The summed E-state index contributed by atoms with van der Waals surface area (Å²) in [6.07, 6.45) is 7.92. The number of rotatable bonds is 5. The second kappa shape index (κ2) is 7.80. The number of H-pyrrole nitrogens is 1. The van der Waals surface area contributed by atoms with Crippen LogP contribution in [0, 0.1) is 12.8 Å². The van der Waals surface area contributed by atoms with Crippen LogP contribution >= 0.6 is 0 Å². The third-order valence-corrected chi connectivity index (χ3v) is 6.08. The van der Waals surface area contributed by atoms with Crippen molar-refractivity contribution in [3.05, 3.63) is 53.7 Å². The van der Waals surface area contributed by atoms with Crippen molar-refractivity contribution in [1.29, 1.82) is 0 Å². The largest absolute Gasteiger partial charge is 0.385 e. The molecule has 6 heteroatoms. The molecule has 0 spiro atoms. The molecule has 0 bridgehead atoms. The summed E-state index contributed by atoms with van der Waals surface area (Å²) in [4.78, 5) is 22.2. The molecule has 0 aliphatic carbocycles. The molecule has 1 unspecified atom stereocenters. The number of fused-ring (bicyclic) bond motifs is 1. The average molecular weight is 380 g/mol. The Morgan fingerprint density at radius 3 is 2.86 bits per heavy atom. The van der Waals surface area contributed by atoms with Crippen molar-refractivity contribution in [2.24, 2.45) is 13.0 Å². The number of benzene rings is 1. The number of nitrogens with one attached hydrogen (secondary N) is 1. The van der Waals surface area contributed by atoms with E-state index in [9.17, 15) is 9.90 Å². The summed E-state index contributed by atoms with van der Waals surface area (Å²) in [7, 11) is 1.90. The number of aromatic amines is 1. The summed E-state index contributed by atoms with van der Waals surface area (Å²) in [6, 6.07) is 6.27. The summed E-state index contributed by atoms with van der Waals surface area (Å²) in [5.41, 5.74) is 3.59. The maximum atomic E-state index is 12.7. The van der Waals surface area contributed by atoms with Gasteiger partial charge in [0, 0.05) is 56.1 Å². The average Bonchev–Trinajstić information content (AvgIpc) is 3.32. The normalized spacial score (nSPS) is 16.6. The smallest absolute Gasteiger partial charge is 0.222 e. The maximum Gasteiger partial charge on any atom is 0.222 e. The fraction of sp³-hybridized carbons (Fsp3) is 0.455. The Balaban J connectivity index is 1.32. The molecule has 28 heavy (non-hydrogen) atoms. The Bertz CT molecular complexity index is 966. The highest BCUT2D eigenvalue weighted by Crippen LogP contribution is 2.30. The summed E-state index contributed by atoms with van der Waals surface area (Å²) >= 11 is 0. The Labute approximate surface area is 165 Å². The molecule has 2 N–H and O–H groups in total. The van der Waals surface area contributed by atoms with Crippen molar-refractivity contribution in [2.45, 2.75) is 38.7 Å². The van der Waals surface area contributed by atoms with Crippen LogP contribution < -0.4 is 0 Å². The van der Waals surface area contributed by atoms with E-state index in [-0.39, 0.29) is 11.8 Å². The van der Waals surface area contributed by atoms with E-state index in [1.165, 1.54) is 16.5 Å². The first-order valence-electron chi connectivity index (χ1n) is 10.0. The lowest BCUT2D eigenvalue weighted by Gasteiger charge is -2.34. The molecule has 2 aromatic heterocycles. The van der Waals surface area contributed by atoms with E-state index in [1.54, 1.807) is 6.20 Å². The number of hydrogen-bond acceptors (Lipinski definition) is 3. The number of nitrogens with zero attached hydrogens (tertiary/aromatic N) is 3. The molecule has 1 aliphatic heterocycles. The molecular formula is C22H28N4O2. The van der Waals surface area contributed by atoms with Gasteiger partial charge in [0.2, 0.25) is 5.91 Å². The highest BCUT2D eigenvalue weighted by atomic mass is 16.3. The Kier molecular flexibility index (Phi) is 5.22. The zero-order valence-electron chi connectivity index (χ0n) is 16.6. The minimum absolute atomic E-state index is 0.154. The number of aromatic nitrogens is 3. The maximum absolute atomic E-state index is 12.7. The van der Waals surface area contributed by atoms with Crippen molar-refractivity contribution < 1.29 is 9.90 Å². The standard InChI is InChI=1S/C22H28N4O2/c1-15-4-3-5-18-17(14-24-20(15)18)6-7-19(27)26-11-8-16(9-12-26)21(28)22-23-10-13-25(22)2/h3-5,10,13-14,16,21,24,28H,6-9,11-12H2,1-2H3. The third-order valence-electron chi connectivity index (χ3n) is 6.08. The Morgan fingerprint density at radius 1 is 1.36 bits per heavy atom. The predicted octanol–water partition coefficient (Wildman–Crippen LogP) is 3.11. The van der Waals surface area contributed by atoms with Crippen molar-refractivity contribution >= 4 is 16.8 Å². The number of imidazole rings is 1. The van der Waals surface area contributed by atoms with Crippen LogP contribution in [-0.2, 0) is 18.3 Å². The van der Waals surface area contributed by atoms with Gasteiger partial charge in [0.25, 0.3) is 0 Å². The molecule has 3 aromatic rings. The predicted molar refractivity (Wildman–Crippen MR) is 109 cm³/mol. The van der Waals surface area contributed by atoms with Crippen molar-refractivity contribution in [2.75, 3.05) is 13.1 Å². The Hall–Kier alpha value is -2.60. The van der Waals surface area contributed by atoms with Crippen LogP contribution in [0.25, 0.3) is 10.9 Å². The number of carbonyl (C=O) groups excluding carboxylic acids is 1. The lowest BCUT2D eigenvalue weighted by Crippen LogP contribution is -2.40. The zero-order valence-corrected chi connectivity index (χ0v) is 16.6. The number of aliphatic hydroxyl groups is 1. The van der Waals surface area contributed by atoms with Crippen LogP contribution in [0.4, 0.5) is 0 Å². The van der Waals surface area contributed by atoms with E-state index in [4.69, 9.17) is 0 Å². The van der Waals surface area contributed by atoms with E-state index in [0.29, 0.717) is 25.3 Å². The highest BCUT2D eigenvalue weighted by molar-refractivity contribution is 5.86. The molecule has 1 fully saturated rings. The van der Waals surface area contributed by atoms with Crippen LogP contribution in [0.5, 0.6) is 0 Å². The van der Waals surface area contributed by atoms with Crippen molar-refractivity contribution in [1.82, 2.24) is 19.4 Å². The van der Waals surface area contributed by atoms with Gasteiger partial charge in [-0.2, -0.15) is 0 Å². The lowest BCUT2D eigenvalue weighted by atomic mass is 9.90. The van der Waals surface area contributed by atoms with Crippen molar-refractivity contribution in [3.8, 4) is 0 Å². The first-order chi connectivity index (χ1) is 13.5. The number of likely N-dealkylation sites (tertiary alicyclic amines) is 1. The minimum Gasteiger partial charge on any atom is -0.385 e. The van der Waals surface area contributed by atoms with Gasteiger partial charge in [-0.1, -0.05) is 18.2 Å². The number of aryl methyl sites for hydroxylation is 3. The lowest BCUT2D eigenvalue weighted by molar-refractivity contribution is -0.133. The highest BCUT2D eigenvalue weighted by Gasteiger charge is 2.29. The van der Waals surface area contributed by atoms with Gasteiger partial charge in [0.05, 0.1) is 0 Å².